The molecule has 1 heterocycles. The third kappa shape index (κ3) is 2.80. The van der Waals surface area contributed by atoms with Crippen LogP contribution in [0.4, 0.5) is 0 Å². The highest BCUT2D eigenvalue weighted by molar-refractivity contribution is 4.81. The first-order valence-corrected chi connectivity index (χ1v) is 4.62. The van der Waals surface area contributed by atoms with Crippen molar-refractivity contribution in [3.63, 3.8) is 0 Å². The van der Waals surface area contributed by atoms with Gasteiger partial charge in [-0.05, 0) is 44.8 Å². The molecule has 2 N–H and O–H groups in total. The minimum Gasteiger partial charge on any atom is -0.320 e. The van der Waals surface area contributed by atoms with Gasteiger partial charge in [-0.3, -0.25) is 0 Å². The Bertz CT molecular complexity index is 106. The maximum absolute atomic E-state index is 3.46. The summed E-state index contributed by atoms with van der Waals surface area (Å²) in [6, 6.07) is 0. The highest BCUT2D eigenvalue weighted by Gasteiger charge is 2.25. The third-order valence-corrected chi connectivity index (χ3v) is 2.66. The van der Waals surface area contributed by atoms with E-state index in [1.165, 1.54) is 32.4 Å². The molecule has 1 aliphatic rings. The molecule has 66 valence electrons. The van der Waals surface area contributed by atoms with Crippen molar-refractivity contribution in [1.29, 1.82) is 0 Å². The third-order valence-electron chi connectivity index (χ3n) is 2.66. The molecule has 1 rings (SSSR count). The number of rotatable bonds is 3. The summed E-state index contributed by atoms with van der Waals surface area (Å²) in [4.78, 5) is 0. The lowest BCUT2D eigenvalue weighted by molar-refractivity contribution is 0.218. The van der Waals surface area contributed by atoms with Crippen LogP contribution in [-0.4, -0.2) is 26.7 Å². The molecular weight excluding hydrogens is 136 g/mol. The van der Waals surface area contributed by atoms with Crippen LogP contribution in [0.25, 0.3) is 0 Å². The van der Waals surface area contributed by atoms with Gasteiger partial charge in [-0.2, -0.15) is 0 Å². The second-order valence-corrected chi connectivity index (χ2v) is 3.94. The largest absolute Gasteiger partial charge is 0.320 e. The van der Waals surface area contributed by atoms with Gasteiger partial charge in [-0.15, -0.1) is 0 Å². The Hall–Kier alpha value is -0.0800. The lowest BCUT2D eigenvalue weighted by atomic mass is 9.80. The highest BCUT2D eigenvalue weighted by atomic mass is 14.9. The molecular formula is C9H20N2. The molecule has 2 nitrogen and oxygen atoms in total. The van der Waals surface area contributed by atoms with Crippen LogP contribution in [0.1, 0.15) is 26.2 Å². The molecule has 0 radical (unpaired) electrons. The van der Waals surface area contributed by atoms with Crippen LogP contribution in [0.5, 0.6) is 0 Å². The van der Waals surface area contributed by atoms with Crippen LogP contribution < -0.4 is 10.6 Å². The van der Waals surface area contributed by atoms with Crippen molar-refractivity contribution in [2.24, 2.45) is 5.41 Å². The first-order valence-electron chi connectivity index (χ1n) is 4.62. The fourth-order valence-electron chi connectivity index (χ4n) is 1.76. The summed E-state index contributed by atoms with van der Waals surface area (Å²) in [6.07, 6.45) is 4.04. The zero-order valence-electron chi connectivity index (χ0n) is 7.74. The van der Waals surface area contributed by atoms with Crippen molar-refractivity contribution in [3.05, 3.63) is 0 Å². The summed E-state index contributed by atoms with van der Waals surface area (Å²) in [5.74, 6) is 0. The van der Waals surface area contributed by atoms with E-state index in [2.05, 4.69) is 17.6 Å². The van der Waals surface area contributed by atoms with E-state index in [-0.39, 0.29) is 0 Å². The molecule has 0 aromatic rings. The maximum atomic E-state index is 3.46. The van der Waals surface area contributed by atoms with Gasteiger partial charge in [0.05, 0.1) is 0 Å². The zero-order valence-corrected chi connectivity index (χ0v) is 7.74. The average Bonchev–Trinajstić information content (AvgIpc) is 2.03. The summed E-state index contributed by atoms with van der Waals surface area (Å²) < 4.78 is 0. The van der Waals surface area contributed by atoms with Crippen molar-refractivity contribution < 1.29 is 0 Å². The van der Waals surface area contributed by atoms with E-state index in [1.807, 2.05) is 7.05 Å². The molecule has 0 amide bonds. The Balaban J connectivity index is 2.25. The molecule has 0 aromatic heterocycles. The van der Waals surface area contributed by atoms with E-state index in [1.54, 1.807) is 0 Å². The van der Waals surface area contributed by atoms with Crippen molar-refractivity contribution in [1.82, 2.24) is 10.6 Å². The van der Waals surface area contributed by atoms with Gasteiger partial charge in [-0.25, -0.2) is 0 Å². The van der Waals surface area contributed by atoms with Gasteiger partial charge in [0.25, 0.3) is 0 Å². The van der Waals surface area contributed by atoms with E-state index in [0.717, 1.165) is 6.54 Å². The van der Waals surface area contributed by atoms with Gasteiger partial charge in [0, 0.05) is 6.54 Å². The van der Waals surface area contributed by atoms with Gasteiger partial charge >= 0.3 is 0 Å². The maximum Gasteiger partial charge on any atom is 0.000564 e. The van der Waals surface area contributed by atoms with Crippen molar-refractivity contribution in [2.45, 2.75) is 26.2 Å². The molecule has 0 spiro atoms. The average molecular weight is 156 g/mol. The summed E-state index contributed by atoms with van der Waals surface area (Å²) in [5.41, 5.74) is 0.557. The minimum absolute atomic E-state index is 0.557. The smallest absolute Gasteiger partial charge is 0.000564 e. The standard InChI is InChI=1S/C9H20N2/c1-9(5-7-10-2)4-3-6-11-8-9/h10-11H,3-8H2,1-2H3. The zero-order chi connectivity index (χ0) is 8.16. The van der Waals surface area contributed by atoms with Crippen molar-refractivity contribution >= 4 is 0 Å². The molecule has 1 aliphatic heterocycles. The molecule has 11 heavy (non-hydrogen) atoms. The lowest BCUT2D eigenvalue weighted by Crippen LogP contribution is -2.39. The number of hydrogen-bond acceptors (Lipinski definition) is 2. The molecule has 0 aliphatic carbocycles. The molecule has 1 fully saturated rings. The molecule has 2 heteroatoms. The lowest BCUT2D eigenvalue weighted by Gasteiger charge is -2.34. The second kappa shape index (κ2) is 4.07. The Morgan fingerprint density at radius 3 is 2.91 bits per heavy atom. The summed E-state index contributed by atoms with van der Waals surface area (Å²) in [7, 11) is 2.03. The Kier molecular flexibility index (Phi) is 3.34. The number of hydrogen-bond donors (Lipinski definition) is 2. The predicted octanol–water partition coefficient (Wildman–Crippen LogP) is 0.986. The van der Waals surface area contributed by atoms with Gasteiger partial charge in [0.2, 0.25) is 0 Å². The minimum atomic E-state index is 0.557. The van der Waals surface area contributed by atoms with Crippen LogP contribution in [0.3, 0.4) is 0 Å². The highest BCUT2D eigenvalue weighted by Crippen LogP contribution is 2.28. The number of nitrogens with one attached hydrogen (secondary N) is 2. The predicted molar refractivity (Wildman–Crippen MR) is 48.8 cm³/mol. The second-order valence-electron chi connectivity index (χ2n) is 3.94. The molecule has 1 atom stereocenters. The van der Waals surface area contributed by atoms with Gasteiger partial charge in [-0.1, -0.05) is 6.92 Å². The van der Waals surface area contributed by atoms with Crippen LogP contribution in [0.15, 0.2) is 0 Å². The van der Waals surface area contributed by atoms with E-state index in [4.69, 9.17) is 0 Å². The van der Waals surface area contributed by atoms with Crippen LogP contribution in [0.2, 0.25) is 0 Å². The first-order chi connectivity index (χ1) is 5.27. The molecule has 1 unspecified atom stereocenters. The van der Waals surface area contributed by atoms with Gasteiger partial charge < -0.3 is 10.6 Å². The number of piperidine rings is 1. The van der Waals surface area contributed by atoms with Crippen molar-refractivity contribution in [3.8, 4) is 0 Å². The SMILES string of the molecule is CNCCC1(C)CCCNC1. The van der Waals surface area contributed by atoms with Crippen molar-refractivity contribution in [2.75, 3.05) is 26.7 Å². The van der Waals surface area contributed by atoms with E-state index < -0.39 is 0 Å². The Morgan fingerprint density at radius 2 is 2.36 bits per heavy atom. The van der Waals surface area contributed by atoms with Gasteiger partial charge in [0.15, 0.2) is 0 Å². The molecule has 1 saturated heterocycles. The van der Waals surface area contributed by atoms with E-state index >= 15 is 0 Å². The van der Waals surface area contributed by atoms with Crippen LogP contribution >= 0.6 is 0 Å². The van der Waals surface area contributed by atoms with Crippen LogP contribution in [-0.2, 0) is 0 Å². The quantitative estimate of drug-likeness (QED) is 0.636. The Morgan fingerprint density at radius 1 is 1.55 bits per heavy atom. The molecule has 0 aromatic carbocycles. The summed E-state index contributed by atoms with van der Waals surface area (Å²) in [5, 5.41) is 6.67. The molecule has 0 saturated carbocycles. The fraction of sp³-hybridized carbons (Fsp3) is 1.00. The Labute approximate surface area is 69.8 Å². The fourth-order valence-corrected chi connectivity index (χ4v) is 1.76. The van der Waals surface area contributed by atoms with E-state index in [0.29, 0.717) is 5.41 Å². The summed E-state index contributed by atoms with van der Waals surface area (Å²) >= 11 is 0. The first kappa shape index (κ1) is 9.01. The monoisotopic (exact) mass is 156 g/mol. The molecule has 0 bridgehead atoms. The summed E-state index contributed by atoms with van der Waals surface area (Å²) in [6.45, 7) is 5.96. The topological polar surface area (TPSA) is 24.1 Å². The van der Waals surface area contributed by atoms with Crippen LogP contribution in [0, 0.1) is 5.41 Å². The van der Waals surface area contributed by atoms with Gasteiger partial charge in [0.1, 0.15) is 0 Å². The van der Waals surface area contributed by atoms with E-state index in [9.17, 15) is 0 Å². The normalized spacial score (nSPS) is 32.2.